The number of nitrogen functional groups attached to an aromatic ring is 1. The molecule has 0 saturated heterocycles. The predicted octanol–water partition coefficient (Wildman–Crippen LogP) is 2.46. The fraction of sp³-hybridized carbons (Fsp3) is 0.733. The molecule has 114 valence electrons. The van der Waals surface area contributed by atoms with Crippen LogP contribution in [0.2, 0.25) is 0 Å². The van der Waals surface area contributed by atoms with Gasteiger partial charge in [-0.2, -0.15) is 0 Å². The van der Waals surface area contributed by atoms with Crippen LogP contribution in [0.5, 0.6) is 0 Å². The normalized spacial score (nSPS) is 11.1. The number of aromatic nitrogens is 2. The summed E-state index contributed by atoms with van der Waals surface area (Å²) in [5, 5.41) is 3.40. The van der Waals surface area contributed by atoms with E-state index in [-0.39, 0.29) is 0 Å². The third-order valence-electron chi connectivity index (χ3n) is 3.54. The maximum atomic E-state index is 5.95. The molecule has 0 spiro atoms. The first-order valence-electron chi connectivity index (χ1n) is 7.71. The Morgan fingerprint density at radius 1 is 1.15 bits per heavy atom. The van der Waals surface area contributed by atoms with Crippen LogP contribution in [-0.4, -0.2) is 41.0 Å². The minimum Gasteiger partial charge on any atom is -0.383 e. The number of nitrogens with one attached hydrogen (secondary N) is 1. The molecule has 20 heavy (non-hydrogen) atoms. The number of nitrogens with zero attached hydrogens (tertiary/aromatic N) is 3. The lowest BCUT2D eigenvalue weighted by molar-refractivity contribution is 0.303. The van der Waals surface area contributed by atoms with Crippen LogP contribution in [0.15, 0.2) is 0 Å². The minimum absolute atomic E-state index is 0.592. The number of aryl methyl sites for hydroxylation is 1. The molecule has 1 rings (SSSR count). The molecule has 0 aliphatic carbocycles. The topological polar surface area (TPSA) is 67.1 Å². The molecule has 0 atom stereocenters. The predicted molar refractivity (Wildman–Crippen MR) is 86.1 cm³/mol. The average Bonchev–Trinajstić information content (AvgIpc) is 2.44. The molecule has 0 aliphatic rings. The van der Waals surface area contributed by atoms with E-state index >= 15 is 0 Å². The van der Waals surface area contributed by atoms with E-state index in [4.69, 9.17) is 5.73 Å². The molecule has 0 bridgehead atoms. The van der Waals surface area contributed by atoms with Crippen molar-refractivity contribution in [2.75, 3.05) is 37.2 Å². The molecular weight excluding hydrogens is 250 g/mol. The highest BCUT2D eigenvalue weighted by Crippen LogP contribution is 2.17. The number of rotatable bonds is 9. The third kappa shape index (κ3) is 4.96. The standard InChI is InChI=1S/C15H29N5/c1-5-9-13-18-14(16)12(4)15(19-13)17-10-8-11-20(6-2)7-3/h5-11H2,1-4H3,(H3,16,17,18,19). The molecule has 3 N–H and O–H groups in total. The fourth-order valence-corrected chi connectivity index (χ4v) is 2.14. The largest absolute Gasteiger partial charge is 0.383 e. The summed E-state index contributed by atoms with van der Waals surface area (Å²) in [5.41, 5.74) is 6.90. The van der Waals surface area contributed by atoms with Crippen molar-refractivity contribution in [1.29, 1.82) is 0 Å². The van der Waals surface area contributed by atoms with Gasteiger partial charge >= 0.3 is 0 Å². The highest BCUT2D eigenvalue weighted by atomic mass is 15.1. The van der Waals surface area contributed by atoms with Crippen molar-refractivity contribution >= 4 is 11.6 Å². The summed E-state index contributed by atoms with van der Waals surface area (Å²) in [6.45, 7) is 12.7. The lowest BCUT2D eigenvalue weighted by Crippen LogP contribution is -2.25. The van der Waals surface area contributed by atoms with Crippen LogP contribution in [0.25, 0.3) is 0 Å². The molecule has 0 saturated carbocycles. The van der Waals surface area contributed by atoms with Crippen LogP contribution in [0.1, 0.15) is 45.0 Å². The van der Waals surface area contributed by atoms with E-state index < -0.39 is 0 Å². The Labute approximate surface area is 123 Å². The SMILES string of the molecule is CCCc1nc(N)c(C)c(NCCCN(CC)CC)n1. The number of hydrogen-bond donors (Lipinski definition) is 2. The summed E-state index contributed by atoms with van der Waals surface area (Å²) in [5.74, 6) is 2.32. The first-order valence-corrected chi connectivity index (χ1v) is 7.71. The van der Waals surface area contributed by atoms with Gasteiger partial charge in [0, 0.05) is 18.5 Å². The Bertz CT molecular complexity index is 401. The van der Waals surface area contributed by atoms with E-state index in [1.165, 1.54) is 0 Å². The van der Waals surface area contributed by atoms with Gasteiger partial charge in [0.15, 0.2) is 0 Å². The zero-order valence-corrected chi connectivity index (χ0v) is 13.4. The number of anilines is 2. The van der Waals surface area contributed by atoms with Gasteiger partial charge in [-0.3, -0.25) is 0 Å². The van der Waals surface area contributed by atoms with Gasteiger partial charge in [-0.05, 0) is 39.4 Å². The van der Waals surface area contributed by atoms with Crippen molar-refractivity contribution in [3.63, 3.8) is 0 Å². The zero-order valence-electron chi connectivity index (χ0n) is 13.4. The lowest BCUT2D eigenvalue weighted by atomic mass is 10.2. The average molecular weight is 279 g/mol. The summed E-state index contributed by atoms with van der Waals surface area (Å²) in [6, 6.07) is 0. The van der Waals surface area contributed by atoms with Crippen molar-refractivity contribution < 1.29 is 0 Å². The highest BCUT2D eigenvalue weighted by molar-refractivity contribution is 5.54. The first kappa shape index (κ1) is 16.7. The smallest absolute Gasteiger partial charge is 0.134 e. The highest BCUT2D eigenvalue weighted by Gasteiger charge is 2.08. The monoisotopic (exact) mass is 279 g/mol. The molecule has 1 aromatic rings. The van der Waals surface area contributed by atoms with Crippen LogP contribution < -0.4 is 11.1 Å². The van der Waals surface area contributed by atoms with Gasteiger partial charge in [0.05, 0.1) is 0 Å². The van der Waals surface area contributed by atoms with Crippen molar-refractivity contribution in [2.45, 2.75) is 47.0 Å². The summed E-state index contributed by atoms with van der Waals surface area (Å²) >= 11 is 0. The molecular formula is C15H29N5. The van der Waals surface area contributed by atoms with Crippen LogP contribution >= 0.6 is 0 Å². The maximum absolute atomic E-state index is 5.95. The van der Waals surface area contributed by atoms with Gasteiger partial charge in [0.25, 0.3) is 0 Å². The van der Waals surface area contributed by atoms with Gasteiger partial charge in [-0.15, -0.1) is 0 Å². The molecule has 0 aromatic carbocycles. The Morgan fingerprint density at radius 3 is 2.45 bits per heavy atom. The molecule has 1 heterocycles. The second kappa shape index (κ2) is 8.74. The quantitative estimate of drug-likeness (QED) is 0.680. The second-order valence-electron chi connectivity index (χ2n) is 5.06. The van der Waals surface area contributed by atoms with Gasteiger partial charge in [0.2, 0.25) is 0 Å². The third-order valence-corrected chi connectivity index (χ3v) is 3.54. The van der Waals surface area contributed by atoms with E-state index in [1.54, 1.807) is 0 Å². The molecule has 5 heteroatoms. The van der Waals surface area contributed by atoms with E-state index in [0.29, 0.717) is 5.82 Å². The summed E-state index contributed by atoms with van der Waals surface area (Å²) in [4.78, 5) is 11.3. The van der Waals surface area contributed by atoms with E-state index in [0.717, 1.165) is 62.6 Å². The fourth-order valence-electron chi connectivity index (χ4n) is 2.14. The van der Waals surface area contributed by atoms with Gasteiger partial charge in [0.1, 0.15) is 17.5 Å². The van der Waals surface area contributed by atoms with Gasteiger partial charge in [-0.1, -0.05) is 20.8 Å². The second-order valence-corrected chi connectivity index (χ2v) is 5.06. The van der Waals surface area contributed by atoms with Crippen molar-refractivity contribution in [3.05, 3.63) is 11.4 Å². The summed E-state index contributed by atoms with van der Waals surface area (Å²) in [6.07, 6.45) is 3.01. The minimum atomic E-state index is 0.592. The number of hydrogen-bond acceptors (Lipinski definition) is 5. The van der Waals surface area contributed by atoms with Crippen molar-refractivity contribution in [1.82, 2.24) is 14.9 Å². The maximum Gasteiger partial charge on any atom is 0.134 e. The van der Waals surface area contributed by atoms with Crippen LogP contribution in [0.4, 0.5) is 11.6 Å². The van der Waals surface area contributed by atoms with E-state index in [9.17, 15) is 0 Å². The summed E-state index contributed by atoms with van der Waals surface area (Å²) in [7, 11) is 0. The van der Waals surface area contributed by atoms with Crippen LogP contribution in [0.3, 0.4) is 0 Å². The molecule has 1 aromatic heterocycles. The zero-order chi connectivity index (χ0) is 15.0. The van der Waals surface area contributed by atoms with Crippen LogP contribution in [-0.2, 0) is 6.42 Å². The van der Waals surface area contributed by atoms with E-state index in [1.807, 2.05) is 6.92 Å². The van der Waals surface area contributed by atoms with Crippen molar-refractivity contribution in [3.8, 4) is 0 Å². The molecule has 0 fully saturated rings. The van der Waals surface area contributed by atoms with Crippen molar-refractivity contribution in [2.24, 2.45) is 0 Å². The molecule has 5 nitrogen and oxygen atoms in total. The van der Waals surface area contributed by atoms with Crippen LogP contribution in [0, 0.1) is 6.92 Å². The first-order chi connectivity index (χ1) is 9.62. The Balaban J connectivity index is 2.54. The summed E-state index contributed by atoms with van der Waals surface area (Å²) < 4.78 is 0. The van der Waals surface area contributed by atoms with Gasteiger partial charge < -0.3 is 16.0 Å². The molecule has 0 unspecified atom stereocenters. The molecule has 0 radical (unpaired) electrons. The van der Waals surface area contributed by atoms with E-state index in [2.05, 4.69) is 41.0 Å². The van der Waals surface area contributed by atoms with Gasteiger partial charge in [-0.25, -0.2) is 9.97 Å². The lowest BCUT2D eigenvalue weighted by Gasteiger charge is -2.18. The molecule has 0 amide bonds. The number of nitrogens with two attached hydrogens (primary N) is 1. The molecule has 0 aliphatic heterocycles. The Kier molecular flexibility index (Phi) is 7.30. The Hall–Kier alpha value is -1.36. The Morgan fingerprint density at radius 2 is 1.85 bits per heavy atom.